The summed E-state index contributed by atoms with van der Waals surface area (Å²) >= 11 is 1.81. The number of nitrogens with one attached hydrogen (secondary N) is 1. The number of aromatic nitrogens is 2. The molecule has 0 bridgehead atoms. The molecule has 2 rings (SSSR count). The van der Waals surface area contributed by atoms with E-state index in [1.807, 2.05) is 18.0 Å². The van der Waals surface area contributed by atoms with E-state index in [2.05, 4.69) is 30.7 Å². The monoisotopic (exact) mass is 253 g/mol. The van der Waals surface area contributed by atoms with Gasteiger partial charge in [0, 0.05) is 23.7 Å². The number of imidazole rings is 1. The molecule has 0 aromatic carbocycles. The van der Waals surface area contributed by atoms with E-state index in [0.29, 0.717) is 16.7 Å². The molecule has 17 heavy (non-hydrogen) atoms. The Morgan fingerprint density at radius 2 is 2.18 bits per heavy atom. The van der Waals surface area contributed by atoms with Gasteiger partial charge < -0.3 is 10.7 Å². The van der Waals surface area contributed by atoms with E-state index in [4.69, 9.17) is 5.73 Å². The second-order valence-electron chi connectivity index (χ2n) is 6.09. The number of nitrogens with zero attached hydrogens (tertiary/aromatic N) is 1. The van der Waals surface area contributed by atoms with Crippen molar-refractivity contribution in [1.82, 2.24) is 9.97 Å². The summed E-state index contributed by atoms with van der Waals surface area (Å²) in [7, 11) is 0. The quantitative estimate of drug-likeness (QED) is 0.851. The molecule has 4 heteroatoms. The van der Waals surface area contributed by atoms with Crippen LogP contribution in [0.2, 0.25) is 0 Å². The second kappa shape index (κ2) is 5.02. The maximum absolute atomic E-state index is 6.24. The average Bonchev–Trinajstić information content (AvgIpc) is 2.72. The summed E-state index contributed by atoms with van der Waals surface area (Å²) < 4.78 is 0. The van der Waals surface area contributed by atoms with Crippen molar-refractivity contribution in [2.45, 2.75) is 56.5 Å². The highest BCUT2D eigenvalue weighted by Gasteiger charge is 2.35. The first-order valence-corrected chi connectivity index (χ1v) is 7.26. The van der Waals surface area contributed by atoms with E-state index < -0.39 is 0 Å². The third-order valence-corrected chi connectivity index (χ3v) is 5.10. The lowest BCUT2D eigenvalue weighted by Crippen LogP contribution is -2.41. The van der Waals surface area contributed by atoms with Crippen molar-refractivity contribution in [3.63, 3.8) is 0 Å². The Morgan fingerprint density at radius 3 is 2.76 bits per heavy atom. The summed E-state index contributed by atoms with van der Waals surface area (Å²) in [5.41, 5.74) is 6.63. The fourth-order valence-electron chi connectivity index (χ4n) is 2.53. The van der Waals surface area contributed by atoms with Gasteiger partial charge in [0.15, 0.2) is 5.16 Å². The van der Waals surface area contributed by atoms with Gasteiger partial charge in [0.25, 0.3) is 0 Å². The molecular weight excluding hydrogens is 230 g/mol. The summed E-state index contributed by atoms with van der Waals surface area (Å²) in [6.45, 7) is 7.01. The van der Waals surface area contributed by atoms with Crippen LogP contribution in [0.4, 0.5) is 0 Å². The van der Waals surface area contributed by atoms with Crippen LogP contribution in [0.25, 0.3) is 0 Å². The molecule has 1 aromatic rings. The molecule has 0 spiro atoms. The van der Waals surface area contributed by atoms with Crippen molar-refractivity contribution in [1.29, 1.82) is 0 Å². The van der Waals surface area contributed by atoms with Crippen LogP contribution in [0.3, 0.4) is 0 Å². The molecule has 1 aliphatic carbocycles. The van der Waals surface area contributed by atoms with E-state index in [1.165, 1.54) is 12.8 Å². The van der Waals surface area contributed by atoms with Gasteiger partial charge in [-0.1, -0.05) is 32.5 Å². The highest BCUT2D eigenvalue weighted by Crippen LogP contribution is 2.42. The van der Waals surface area contributed by atoms with Crippen molar-refractivity contribution < 1.29 is 0 Å². The number of hydrogen-bond acceptors (Lipinski definition) is 3. The van der Waals surface area contributed by atoms with Crippen molar-refractivity contribution in [3.8, 4) is 0 Å². The molecule has 1 aliphatic rings. The van der Waals surface area contributed by atoms with Gasteiger partial charge in [0.1, 0.15) is 0 Å². The lowest BCUT2D eigenvalue weighted by Gasteiger charge is -2.40. The lowest BCUT2D eigenvalue weighted by atomic mass is 9.71. The van der Waals surface area contributed by atoms with Crippen LogP contribution in [0.15, 0.2) is 17.6 Å². The smallest absolute Gasteiger partial charge is 0.165 e. The van der Waals surface area contributed by atoms with Crippen molar-refractivity contribution >= 4 is 11.8 Å². The summed E-state index contributed by atoms with van der Waals surface area (Å²) in [6.07, 6.45) is 7.28. The predicted octanol–water partition coefficient (Wildman–Crippen LogP) is 3.04. The van der Waals surface area contributed by atoms with Gasteiger partial charge >= 0.3 is 0 Å². The molecule has 0 aliphatic heterocycles. The highest BCUT2D eigenvalue weighted by molar-refractivity contribution is 7.99. The first-order chi connectivity index (χ1) is 7.97. The molecule has 1 heterocycles. The minimum atomic E-state index is 0.309. The molecule has 1 aromatic heterocycles. The zero-order valence-electron chi connectivity index (χ0n) is 10.9. The largest absolute Gasteiger partial charge is 0.340 e. The number of thioether (sulfide) groups is 1. The molecule has 0 amide bonds. The molecule has 96 valence electrons. The fourth-order valence-corrected chi connectivity index (χ4v) is 3.72. The Balaban J connectivity index is 2.00. The summed E-state index contributed by atoms with van der Waals surface area (Å²) in [4.78, 5) is 7.44. The van der Waals surface area contributed by atoms with Crippen molar-refractivity contribution in [3.05, 3.63) is 12.4 Å². The van der Waals surface area contributed by atoms with Crippen LogP contribution in [0.1, 0.15) is 40.0 Å². The maximum atomic E-state index is 6.24. The van der Waals surface area contributed by atoms with E-state index in [-0.39, 0.29) is 0 Å². The van der Waals surface area contributed by atoms with Gasteiger partial charge in [-0.2, -0.15) is 0 Å². The Morgan fingerprint density at radius 1 is 1.41 bits per heavy atom. The maximum Gasteiger partial charge on any atom is 0.165 e. The first-order valence-electron chi connectivity index (χ1n) is 6.38. The molecule has 3 unspecified atom stereocenters. The lowest BCUT2D eigenvalue weighted by molar-refractivity contribution is 0.174. The van der Waals surface area contributed by atoms with Crippen LogP contribution < -0.4 is 5.73 Å². The predicted molar refractivity (Wildman–Crippen MR) is 73.0 cm³/mol. The molecule has 3 nitrogen and oxygen atoms in total. The van der Waals surface area contributed by atoms with Crippen molar-refractivity contribution in [2.75, 3.05) is 0 Å². The van der Waals surface area contributed by atoms with E-state index in [1.54, 1.807) is 6.20 Å². The summed E-state index contributed by atoms with van der Waals surface area (Å²) in [5, 5.41) is 1.50. The minimum Gasteiger partial charge on any atom is -0.340 e. The molecule has 1 saturated carbocycles. The summed E-state index contributed by atoms with van der Waals surface area (Å²) in [6, 6.07) is 0.309. The molecule has 1 fully saturated rings. The van der Waals surface area contributed by atoms with Gasteiger partial charge in [0.05, 0.1) is 0 Å². The normalized spacial score (nSPS) is 30.5. The van der Waals surface area contributed by atoms with E-state index >= 15 is 0 Å². The summed E-state index contributed by atoms with van der Waals surface area (Å²) in [5.74, 6) is 0.773. The fraction of sp³-hybridized carbons (Fsp3) is 0.769. The Labute approximate surface area is 108 Å². The zero-order chi connectivity index (χ0) is 12.5. The number of H-pyrrole nitrogens is 1. The van der Waals surface area contributed by atoms with Gasteiger partial charge in [-0.05, 0) is 30.6 Å². The molecule has 0 saturated heterocycles. The average molecular weight is 253 g/mol. The first kappa shape index (κ1) is 13.0. The third kappa shape index (κ3) is 3.26. The molecule has 0 radical (unpaired) electrons. The molecule has 3 atom stereocenters. The van der Waals surface area contributed by atoms with Gasteiger partial charge in [-0.15, -0.1) is 0 Å². The van der Waals surface area contributed by atoms with E-state index in [0.717, 1.165) is 17.5 Å². The SMILES string of the molecule is CC(C)(C)C1CCC(N)C(Sc2ncc[nH]2)C1. The van der Waals surface area contributed by atoms with Gasteiger partial charge in [0.2, 0.25) is 0 Å². The third-order valence-electron chi connectivity index (χ3n) is 3.80. The number of nitrogens with two attached hydrogens (primary N) is 1. The van der Waals surface area contributed by atoms with Crippen molar-refractivity contribution in [2.24, 2.45) is 17.1 Å². The molecule has 3 N–H and O–H groups in total. The standard InChI is InChI=1S/C13H23N3S/c1-13(2,3)9-4-5-10(14)11(8-9)17-12-15-6-7-16-12/h6-7,9-11H,4-5,8,14H2,1-3H3,(H,15,16). The topological polar surface area (TPSA) is 54.7 Å². The zero-order valence-corrected chi connectivity index (χ0v) is 11.8. The number of hydrogen-bond donors (Lipinski definition) is 2. The Bertz CT molecular complexity index is 342. The number of aromatic amines is 1. The Hall–Kier alpha value is -0.480. The van der Waals surface area contributed by atoms with Crippen LogP contribution in [0, 0.1) is 11.3 Å². The second-order valence-corrected chi connectivity index (χ2v) is 7.32. The van der Waals surface area contributed by atoms with E-state index in [9.17, 15) is 0 Å². The molecular formula is C13H23N3S. The van der Waals surface area contributed by atoms with Crippen LogP contribution in [0.5, 0.6) is 0 Å². The van der Waals surface area contributed by atoms with Crippen LogP contribution in [-0.2, 0) is 0 Å². The van der Waals surface area contributed by atoms with Gasteiger partial charge in [-0.3, -0.25) is 0 Å². The van der Waals surface area contributed by atoms with Gasteiger partial charge in [-0.25, -0.2) is 4.98 Å². The number of rotatable bonds is 2. The minimum absolute atomic E-state index is 0.309. The highest BCUT2D eigenvalue weighted by atomic mass is 32.2. The van der Waals surface area contributed by atoms with Crippen LogP contribution in [-0.4, -0.2) is 21.3 Å². The Kier molecular flexibility index (Phi) is 3.83. The van der Waals surface area contributed by atoms with Crippen LogP contribution >= 0.6 is 11.8 Å².